The minimum Gasteiger partial charge on any atom is -0.389 e. The zero-order valence-corrected chi connectivity index (χ0v) is 11.9. The summed E-state index contributed by atoms with van der Waals surface area (Å²) in [6.07, 6.45) is 0. The van der Waals surface area contributed by atoms with Crippen molar-refractivity contribution in [2.45, 2.75) is 0 Å². The summed E-state index contributed by atoms with van der Waals surface area (Å²) in [5, 5.41) is 3.83. The predicted octanol–water partition coefficient (Wildman–Crippen LogP) is 4.51. The van der Waals surface area contributed by atoms with Crippen LogP contribution in [0, 0.1) is 5.82 Å². The van der Waals surface area contributed by atoms with Crippen molar-refractivity contribution in [3.63, 3.8) is 0 Å². The zero-order chi connectivity index (χ0) is 14.0. The standard InChI is InChI=1S/C13H9Cl2FN2S/c14-7-2-4-11(9(5-7)13(17)19)18-12-6-8(15)1-3-10(12)16/h1-6,18H,(H2,17,19). The number of anilines is 2. The van der Waals surface area contributed by atoms with Crippen molar-refractivity contribution >= 4 is 51.8 Å². The largest absolute Gasteiger partial charge is 0.389 e. The maximum Gasteiger partial charge on any atom is 0.146 e. The molecule has 3 N–H and O–H groups in total. The Morgan fingerprint density at radius 2 is 1.68 bits per heavy atom. The van der Waals surface area contributed by atoms with Gasteiger partial charge in [-0.2, -0.15) is 0 Å². The molecule has 0 aliphatic carbocycles. The summed E-state index contributed by atoms with van der Waals surface area (Å²) in [6.45, 7) is 0. The number of halogens is 3. The van der Waals surface area contributed by atoms with Crippen LogP contribution in [-0.4, -0.2) is 4.99 Å². The van der Waals surface area contributed by atoms with Crippen LogP contribution in [0.5, 0.6) is 0 Å². The monoisotopic (exact) mass is 314 g/mol. The van der Waals surface area contributed by atoms with Crippen LogP contribution < -0.4 is 11.1 Å². The maximum absolute atomic E-state index is 13.7. The summed E-state index contributed by atoms with van der Waals surface area (Å²) >= 11 is 16.7. The van der Waals surface area contributed by atoms with E-state index >= 15 is 0 Å². The van der Waals surface area contributed by atoms with E-state index in [1.54, 1.807) is 18.2 Å². The van der Waals surface area contributed by atoms with Gasteiger partial charge in [-0.3, -0.25) is 0 Å². The zero-order valence-electron chi connectivity index (χ0n) is 9.58. The highest BCUT2D eigenvalue weighted by Gasteiger charge is 2.09. The summed E-state index contributed by atoms with van der Waals surface area (Å²) in [5.41, 5.74) is 6.97. The third-order valence-electron chi connectivity index (χ3n) is 2.44. The highest BCUT2D eigenvalue weighted by Crippen LogP contribution is 2.27. The maximum atomic E-state index is 13.7. The second-order valence-corrected chi connectivity index (χ2v) is 5.12. The Labute approximate surface area is 125 Å². The fourth-order valence-corrected chi connectivity index (χ4v) is 2.08. The van der Waals surface area contributed by atoms with Crippen molar-refractivity contribution in [2.24, 2.45) is 5.73 Å². The highest BCUT2D eigenvalue weighted by molar-refractivity contribution is 7.80. The Balaban J connectivity index is 2.43. The molecule has 2 nitrogen and oxygen atoms in total. The lowest BCUT2D eigenvalue weighted by Gasteiger charge is -2.12. The first-order chi connectivity index (χ1) is 8.97. The number of nitrogens with one attached hydrogen (secondary N) is 1. The lowest BCUT2D eigenvalue weighted by Crippen LogP contribution is -2.12. The fourth-order valence-electron chi connectivity index (χ4n) is 1.57. The van der Waals surface area contributed by atoms with Crippen LogP contribution in [0.15, 0.2) is 36.4 Å². The average molecular weight is 315 g/mol. The molecule has 0 fully saturated rings. The number of nitrogens with two attached hydrogens (primary N) is 1. The molecule has 2 aromatic rings. The molecule has 0 saturated carbocycles. The smallest absolute Gasteiger partial charge is 0.146 e. The van der Waals surface area contributed by atoms with Crippen molar-refractivity contribution in [2.75, 3.05) is 5.32 Å². The predicted molar refractivity (Wildman–Crippen MR) is 82.0 cm³/mol. The van der Waals surface area contributed by atoms with Crippen LogP contribution >= 0.6 is 35.4 Å². The van der Waals surface area contributed by atoms with Gasteiger partial charge in [-0.15, -0.1) is 0 Å². The van der Waals surface area contributed by atoms with E-state index in [4.69, 9.17) is 41.2 Å². The summed E-state index contributed by atoms with van der Waals surface area (Å²) in [5.74, 6) is -0.423. The van der Waals surface area contributed by atoms with Crippen LogP contribution in [0.2, 0.25) is 10.0 Å². The molecule has 98 valence electrons. The van der Waals surface area contributed by atoms with Gasteiger partial charge in [0.05, 0.1) is 5.69 Å². The van der Waals surface area contributed by atoms with E-state index in [9.17, 15) is 4.39 Å². The summed E-state index contributed by atoms with van der Waals surface area (Å²) in [4.78, 5) is 0.174. The van der Waals surface area contributed by atoms with E-state index in [-0.39, 0.29) is 10.7 Å². The molecule has 0 unspecified atom stereocenters. The van der Waals surface area contributed by atoms with E-state index in [1.807, 2.05) is 0 Å². The quantitative estimate of drug-likeness (QED) is 0.819. The molecule has 0 aromatic heterocycles. The third kappa shape index (κ3) is 3.35. The Hall–Kier alpha value is -1.36. The number of rotatable bonds is 3. The Bertz CT molecular complexity index is 647. The molecule has 0 radical (unpaired) electrons. The SMILES string of the molecule is NC(=S)c1cc(Cl)ccc1Nc1cc(Cl)ccc1F. The van der Waals surface area contributed by atoms with Gasteiger partial charge < -0.3 is 11.1 Å². The molecule has 0 atom stereocenters. The second kappa shape index (κ2) is 5.74. The lowest BCUT2D eigenvalue weighted by atomic mass is 10.1. The molecule has 0 bridgehead atoms. The molecule has 0 heterocycles. The van der Waals surface area contributed by atoms with Gasteiger partial charge in [-0.25, -0.2) is 4.39 Å². The number of thiocarbonyl (C=S) groups is 1. The number of benzene rings is 2. The van der Waals surface area contributed by atoms with Crippen molar-refractivity contribution in [3.8, 4) is 0 Å². The molecular formula is C13H9Cl2FN2S. The number of hydrogen-bond donors (Lipinski definition) is 2. The highest BCUT2D eigenvalue weighted by atomic mass is 35.5. The minimum atomic E-state index is -0.423. The van der Waals surface area contributed by atoms with E-state index < -0.39 is 5.82 Å². The van der Waals surface area contributed by atoms with Crippen molar-refractivity contribution in [3.05, 3.63) is 57.8 Å². The first-order valence-corrected chi connectivity index (χ1v) is 6.45. The van der Waals surface area contributed by atoms with Crippen molar-refractivity contribution < 1.29 is 4.39 Å². The third-order valence-corrected chi connectivity index (χ3v) is 3.13. The molecule has 2 rings (SSSR count). The molecule has 2 aromatic carbocycles. The summed E-state index contributed by atoms with van der Waals surface area (Å²) in [6, 6.07) is 9.19. The van der Waals surface area contributed by atoms with Gasteiger partial charge in [0.1, 0.15) is 10.8 Å². The average Bonchev–Trinajstić information content (AvgIpc) is 2.35. The Kier molecular flexibility index (Phi) is 4.24. The molecule has 19 heavy (non-hydrogen) atoms. The molecule has 0 saturated heterocycles. The molecular weight excluding hydrogens is 306 g/mol. The van der Waals surface area contributed by atoms with Gasteiger partial charge in [0.15, 0.2) is 0 Å². The minimum absolute atomic E-state index is 0.174. The van der Waals surface area contributed by atoms with Gasteiger partial charge in [0.25, 0.3) is 0 Å². The summed E-state index contributed by atoms with van der Waals surface area (Å²) < 4.78 is 13.7. The molecule has 0 amide bonds. The van der Waals surface area contributed by atoms with Gasteiger partial charge in [-0.05, 0) is 36.4 Å². The second-order valence-electron chi connectivity index (χ2n) is 3.80. The molecule has 0 aliphatic heterocycles. The van der Waals surface area contributed by atoms with E-state index in [0.29, 0.717) is 21.3 Å². The van der Waals surface area contributed by atoms with Crippen LogP contribution in [0.1, 0.15) is 5.56 Å². The van der Waals surface area contributed by atoms with Gasteiger partial charge >= 0.3 is 0 Å². The number of hydrogen-bond acceptors (Lipinski definition) is 2. The van der Waals surface area contributed by atoms with Crippen molar-refractivity contribution in [1.29, 1.82) is 0 Å². The Morgan fingerprint density at radius 1 is 1.05 bits per heavy atom. The molecule has 0 spiro atoms. The Morgan fingerprint density at radius 3 is 2.37 bits per heavy atom. The first kappa shape index (κ1) is 14.1. The van der Waals surface area contributed by atoms with Gasteiger partial charge in [-0.1, -0.05) is 35.4 Å². The van der Waals surface area contributed by atoms with Gasteiger partial charge in [0, 0.05) is 21.3 Å². The first-order valence-electron chi connectivity index (χ1n) is 5.29. The lowest BCUT2D eigenvalue weighted by molar-refractivity contribution is 0.632. The normalized spacial score (nSPS) is 10.3. The van der Waals surface area contributed by atoms with Crippen LogP contribution in [0.3, 0.4) is 0 Å². The van der Waals surface area contributed by atoms with E-state index in [1.165, 1.54) is 18.2 Å². The van der Waals surface area contributed by atoms with Crippen molar-refractivity contribution in [1.82, 2.24) is 0 Å². The fraction of sp³-hybridized carbons (Fsp3) is 0. The van der Waals surface area contributed by atoms with Gasteiger partial charge in [0.2, 0.25) is 0 Å². The molecule has 0 aliphatic rings. The summed E-state index contributed by atoms with van der Waals surface area (Å²) in [7, 11) is 0. The van der Waals surface area contributed by atoms with Crippen LogP contribution in [0.4, 0.5) is 15.8 Å². The van der Waals surface area contributed by atoms with E-state index in [0.717, 1.165) is 0 Å². The molecule has 6 heteroatoms. The van der Waals surface area contributed by atoms with Crippen LogP contribution in [0.25, 0.3) is 0 Å². The topological polar surface area (TPSA) is 38.0 Å². The van der Waals surface area contributed by atoms with Crippen LogP contribution in [-0.2, 0) is 0 Å². The van der Waals surface area contributed by atoms with E-state index in [2.05, 4.69) is 5.32 Å².